The highest BCUT2D eigenvalue weighted by Gasteiger charge is 2.44. The van der Waals surface area contributed by atoms with E-state index < -0.39 is 5.97 Å². The maximum atomic E-state index is 12.9. The Morgan fingerprint density at radius 1 is 1.04 bits per heavy atom. The Hall–Kier alpha value is -3.02. The van der Waals surface area contributed by atoms with E-state index in [1.54, 1.807) is 6.07 Å². The molecule has 2 aromatic carbocycles. The highest BCUT2D eigenvalue weighted by Crippen LogP contribution is 2.39. The number of carbonyl (C=O) groups excluding carboxylic acids is 1. The Morgan fingerprint density at radius 2 is 1.71 bits per heavy atom. The van der Waals surface area contributed by atoms with Gasteiger partial charge in [-0.15, -0.1) is 0 Å². The van der Waals surface area contributed by atoms with Crippen LogP contribution in [0.3, 0.4) is 0 Å². The zero-order valence-electron chi connectivity index (χ0n) is 13.0. The van der Waals surface area contributed by atoms with Gasteiger partial charge in [0, 0.05) is 12.2 Å². The zero-order valence-corrected chi connectivity index (χ0v) is 13.0. The van der Waals surface area contributed by atoms with E-state index in [9.17, 15) is 9.59 Å². The summed E-state index contributed by atoms with van der Waals surface area (Å²) in [5, 5.41) is 9.16. The molecule has 6 heteroatoms. The number of rotatable bonds is 3. The second-order valence-corrected chi connectivity index (χ2v) is 5.99. The topological polar surface area (TPSA) is 64.1 Å². The van der Waals surface area contributed by atoms with E-state index in [0.29, 0.717) is 18.9 Å². The second-order valence-electron chi connectivity index (χ2n) is 5.99. The van der Waals surface area contributed by atoms with Gasteiger partial charge in [0.2, 0.25) is 0 Å². The van der Waals surface area contributed by atoms with E-state index in [4.69, 9.17) is 5.11 Å². The summed E-state index contributed by atoms with van der Waals surface area (Å²) in [4.78, 5) is 29.6. The van der Waals surface area contributed by atoms with Gasteiger partial charge in [-0.3, -0.25) is 14.5 Å². The smallest absolute Gasteiger partial charge is 0.323 e. The van der Waals surface area contributed by atoms with Gasteiger partial charge in [-0.2, -0.15) is 0 Å². The number of hydrogen-bond acceptors (Lipinski definition) is 4. The summed E-state index contributed by atoms with van der Waals surface area (Å²) in [6.07, 6.45) is 0. The van der Waals surface area contributed by atoms with Gasteiger partial charge in [0.25, 0.3) is 5.91 Å². The van der Waals surface area contributed by atoms with Crippen LogP contribution < -0.4 is 14.7 Å². The monoisotopic (exact) mass is 323 g/mol. The number of anilines is 3. The van der Waals surface area contributed by atoms with Crippen LogP contribution >= 0.6 is 0 Å². The molecule has 4 rings (SSSR count). The maximum absolute atomic E-state index is 12.9. The van der Waals surface area contributed by atoms with Gasteiger partial charge in [-0.25, -0.2) is 0 Å². The number of carboxylic acids is 1. The summed E-state index contributed by atoms with van der Waals surface area (Å²) in [5.41, 5.74) is 2.62. The molecule has 0 saturated carbocycles. The minimum absolute atomic E-state index is 0.158. The van der Waals surface area contributed by atoms with Crippen LogP contribution in [-0.2, 0) is 9.59 Å². The Labute approximate surface area is 139 Å². The minimum Gasteiger partial charge on any atom is -0.480 e. The Balaban J connectivity index is 1.72. The van der Waals surface area contributed by atoms with Crippen molar-refractivity contribution in [2.45, 2.75) is 6.04 Å². The summed E-state index contributed by atoms with van der Waals surface area (Å²) in [7, 11) is 0. The number of carbonyl (C=O) groups is 2. The molecule has 0 unspecified atom stereocenters. The molecular formula is C18H17N3O3. The number of aliphatic carboxylic acids is 1. The highest BCUT2D eigenvalue weighted by atomic mass is 16.4. The van der Waals surface area contributed by atoms with Crippen molar-refractivity contribution in [2.24, 2.45) is 0 Å². The van der Waals surface area contributed by atoms with Crippen LogP contribution in [0.25, 0.3) is 0 Å². The molecular weight excluding hydrogens is 306 g/mol. The fourth-order valence-corrected chi connectivity index (χ4v) is 3.46. The Bertz CT molecular complexity index is 793. The molecule has 0 aromatic heterocycles. The third-order valence-corrected chi connectivity index (χ3v) is 4.54. The second kappa shape index (κ2) is 5.56. The third kappa shape index (κ3) is 2.27. The molecule has 122 valence electrons. The summed E-state index contributed by atoms with van der Waals surface area (Å²) < 4.78 is 0. The molecule has 0 bridgehead atoms. The van der Waals surface area contributed by atoms with Crippen molar-refractivity contribution in [3.05, 3.63) is 54.6 Å². The molecule has 1 amide bonds. The lowest BCUT2D eigenvalue weighted by atomic mass is 10.1. The lowest BCUT2D eigenvalue weighted by Crippen LogP contribution is -2.53. The fourth-order valence-electron chi connectivity index (χ4n) is 3.46. The van der Waals surface area contributed by atoms with Gasteiger partial charge in [0.1, 0.15) is 12.6 Å². The van der Waals surface area contributed by atoms with E-state index >= 15 is 0 Å². The normalized spacial score (nSPS) is 19.2. The van der Waals surface area contributed by atoms with Gasteiger partial charge in [0.15, 0.2) is 0 Å². The molecule has 24 heavy (non-hydrogen) atoms. The average molecular weight is 323 g/mol. The summed E-state index contributed by atoms with van der Waals surface area (Å²) in [6.45, 7) is 0.844. The average Bonchev–Trinajstić information content (AvgIpc) is 3.05. The minimum atomic E-state index is -1.01. The molecule has 1 atom stereocenters. The van der Waals surface area contributed by atoms with Crippen molar-refractivity contribution in [1.29, 1.82) is 0 Å². The number of carboxylic acid groups (broad SMARTS) is 1. The van der Waals surface area contributed by atoms with Crippen molar-refractivity contribution < 1.29 is 14.7 Å². The molecule has 2 aliphatic rings. The molecule has 0 spiro atoms. The van der Waals surface area contributed by atoms with Crippen LogP contribution in [0.1, 0.15) is 0 Å². The number of amides is 1. The van der Waals surface area contributed by atoms with Gasteiger partial charge in [-0.1, -0.05) is 30.3 Å². The van der Waals surface area contributed by atoms with Crippen molar-refractivity contribution in [1.82, 2.24) is 0 Å². The maximum Gasteiger partial charge on any atom is 0.323 e. The largest absolute Gasteiger partial charge is 0.480 e. The molecule has 6 nitrogen and oxygen atoms in total. The predicted molar refractivity (Wildman–Crippen MR) is 91.4 cm³/mol. The first-order valence-electron chi connectivity index (χ1n) is 7.84. The van der Waals surface area contributed by atoms with Crippen LogP contribution in [-0.4, -0.2) is 42.8 Å². The van der Waals surface area contributed by atoms with Crippen LogP contribution in [0.5, 0.6) is 0 Å². The predicted octanol–water partition coefficient (Wildman–Crippen LogP) is 1.77. The Morgan fingerprint density at radius 3 is 2.42 bits per heavy atom. The molecule has 1 fully saturated rings. The van der Waals surface area contributed by atoms with Crippen molar-refractivity contribution in [3.8, 4) is 0 Å². The van der Waals surface area contributed by atoms with Crippen LogP contribution in [0, 0.1) is 0 Å². The van der Waals surface area contributed by atoms with E-state index in [0.717, 1.165) is 11.4 Å². The lowest BCUT2D eigenvalue weighted by Gasteiger charge is -2.37. The Kier molecular flexibility index (Phi) is 3.37. The van der Waals surface area contributed by atoms with Crippen molar-refractivity contribution in [3.63, 3.8) is 0 Å². The van der Waals surface area contributed by atoms with Crippen LogP contribution in [0.4, 0.5) is 17.1 Å². The molecule has 2 aliphatic heterocycles. The molecule has 0 aliphatic carbocycles. The van der Waals surface area contributed by atoms with Crippen LogP contribution in [0.2, 0.25) is 0 Å². The fraction of sp³-hybridized carbons (Fsp3) is 0.222. The standard InChI is InChI=1S/C18H17N3O3/c22-17(23)11-20-14-8-4-5-9-15(14)21-12-19(10-16(21)18(20)24)13-6-2-1-3-7-13/h1-9,16H,10-12H2,(H,22,23)/t16-/m0/s1. The summed E-state index contributed by atoms with van der Waals surface area (Å²) >= 11 is 0. The highest BCUT2D eigenvalue weighted by molar-refractivity contribution is 6.08. The molecule has 0 radical (unpaired) electrons. The first kappa shape index (κ1) is 14.6. The first-order chi connectivity index (χ1) is 11.6. The van der Waals surface area contributed by atoms with Gasteiger partial charge < -0.3 is 14.9 Å². The summed E-state index contributed by atoms with van der Waals surface area (Å²) in [5.74, 6) is -1.17. The van der Waals surface area contributed by atoms with E-state index in [2.05, 4.69) is 9.80 Å². The SMILES string of the molecule is O=C(O)CN1C(=O)[C@@H]2CN(c3ccccc3)CN2c2ccccc21. The van der Waals surface area contributed by atoms with Gasteiger partial charge in [0.05, 0.1) is 18.0 Å². The molecule has 1 N–H and O–H groups in total. The van der Waals surface area contributed by atoms with Crippen LogP contribution in [0.15, 0.2) is 54.6 Å². The van der Waals surface area contributed by atoms with Crippen molar-refractivity contribution in [2.75, 3.05) is 34.5 Å². The van der Waals surface area contributed by atoms with E-state index in [-0.39, 0.29) is 18.5 Å². The molecule has 2 aromatic rings. The number of benzene rings is 2. The lowest BCUT2D eigenvalue weighted by molar-refractivity contribution is -0.136. The summed E-state index contributed by atoms with van der Waals surface area (Å²) in [6, 6.07) is 17.1. The molecule has 1 saturated heterocycles. The van der Waals surface area contributed by atoms with Crippen molar-refractivity contribution >= 4 is 28.9 Å². The number of hydrogen-bond donors (Lipinski definition) is 1. The quantitative estimate of drug-likeness (QED) is 0.933. The third-order valence-electron chi connectivity index (χ3n) is 4.54. The first-order valence-corrected chi connectivity index (χ1v) is 7.84. The van der Waals surface area contributed by atoms with Gasteiger partial charge >= 0.3 is 5.97 Å². The number of para-hydroxylation sites is 3. The molecule has 2 heterocycles. The van der Waals surface area contributed by atoms with E-state index in [1.807, 2.05) is 48.5 Å². The number of nitrogens with zero attached hydrogens (tertiary/aromatic N) is 3. The zero-order chi connectivity index (χ0) is 16.7. The van der Waals surface area contributed by atoms with Gasteiger partial charge in [-0.05, 0) is 24.3 Å². The van der Waals surface area contributed by atoms with E-state index in [1.165, 1.54) is 4.90 Å². The number of fused-ring (bicyclic) bond motifs is 3.